The lowest BCUT2D eigenvalue weighted by Gasteiger charge is -2.14. The summed E-state index contributed by atoms with van der Waals surface area (Å²) in [5.74, 6) is -0.578. The normalized spacial score (nSPS) is 10.8. The number of para-hydroxylation sites is 1. The number of hydrogen-bond acceptors (Lipinski definition) is 5. The highest BCUT2D eigenvalue weighted by molar-refractivity contribution is 7.92. The van der Waals surface area contributed by atoms with Crippen molar-refractivity contribution in [3.05, 3.63) is 83.4 Å². The fraction of sp³-hybridized carbons (Fsp3) is 0.130. The molecule has 0 aliphatic heterocycles. The third-order valence-electron chi connectivity index (χ3n) is 4.53. The molecule has 0 bridgehead atoms. The van der Waals surface area contributed by atoms with Gasteiger partial charge in [-0.1, -0.05) is 41.9 Å². The number of sulfonamides is 1. The van der Waals surface area contributed by atoms with Gasteiger partial charge in [-0.3, -0.25) is 14.3 Å². The fourth-order valence-electron chi connectivity index (χ4n) is 2.91. The lowest BCUT2D eigenvalue weighted by atomic mass is 10.2. The molecule has 0 spiro atoms. The zero-order valence-corrected chi connectivity index (χ0v) is 19.2. The van der Waals surface area contributed by atoms with Crippen LogP contribution < -0.4 is 20.1 Å². The Morgan fingerprint density at radius 2 is 1.67 bits per heavy atom. The predicted octanol–water partition coefficient (Wildman–Crippen LogP) is 3.91. The number of ether oxygens (including phenoxy) is 1. The van der Waals surface area contributed by atoms with Gasteiger partial charge in [0.15, 0.2) is 0 Å². The fourth-order valence-corrected chi connectivity index (χ4v) is 4.43. The molecule has 3 N–H and O–H groups in total. The van der Waals surface area contributed by atoms with Gasteiger partial charge in [0.05, 0.1) is 17.8 Å². The van der Waals surface area contributed by atoms with E-state index in [2.05, 4.69) is 15.4 Å². The van der Waals surface area contributed by atoms with Crippen LogP contribution >= 0.6 is 11.6 Å². The summed E-state index contributed by atoms with van der Waals surface area (Å²) in [7, 11) is -2.72. The summed E-state index contributed by atoms with van der Waals surface area (Å²) < 4.78 is 33.5. The summed E-state index contributed by atoms with van der Waals surface area (Å²) in [6, 6.07) is 19.3. The lowest BCUT2D eigenvalue weighted by molar-refractivity contribution is -0.116. The molecule has 0 fully saturated rings. The van der Waals surface area contributed by atoms with E-state index >= 15 is 0 Å². The van der Waals surface area contributed by atoms with E-state index in [1.807, 2.05) is 0 Å². The van der Waals surface area contributed by atoms with Crippen LogP contribution in [-0.2, 0) is 14.8 Å². The van der Waals surface area contributed by atoms with Crippen molar-refractivity contribution in [1.82, 2.24) is 5.32 Å². The number of hydrogen-bond donors (Lipinski definition) is 3. The van der Waals surface area contributed by atoms with Gasteiger partial charge in [-0.25, -0.2) is 8.42 Å². The Morgan fingerprint density at radius 3 is 2.36 bits per heavy atom. The summed E-state index contributed by atoms with van der Waals surface area (Å²) in [5.41, 5.74) is 0.966. The summed E-state index contributed by atoms with van der Waals surface area (Å²) in [6.07, 6.45) is 0.00452. The van der Waals surface area contributed by atoms with E-state index in [0.29, 0.717) is 5.56 Å². The molecule has 2 amide bonds. The number of carbonyl (C=O) groups is 2. The second-order valence-corrected chi connectivity index (χ2v) is 8.93. The average molecular weight is 488 g/mol. The van der Waals surface area contributed by atoms with Crippen LogP contribution in [0.5, 0.6) is 5.75 Å². The van der Waals surface area contributed by atoms with Crippen molar-refractivity contribution in [2.24, 2.45) is 0 Å². The maximum absolute atomic E-state index is 12.9. The molecule has 3 aromatic rings. The topological polar surface area (TPSA) is 114 Å². The minimum Gasteiger partial charge on any atom is -0.495 e. The first-order valence-corrected chi connectivity index (χ1v) is 11.7. The van der Waals surface area contributed by atoms with E-state index in [9.17, 15) is 18.0 Å². The van der Waals surface area contributed by atoms with Crippen LogP contribution in [0.2, 0.25) is 5.02 Å². The second-order valence-electron chi connectivity index (χ2n) is 6.87. The zero-order chi connectivity index (χ0) is 23.8. The first-order valence-electron chi connectivity index (χ1n) is 9.88. The number of anilines is 2. The Labute approximate surface area is 197 Å². The van der Waals surface area contributed by atoms with Crippen molar-refractivity contribution < 1.29 is 22.7 Å². The van der Waals surface area contributed by atoms with Crippen molar-refractivity contribution in [3.8, 4) is 5.75 Å². The number of rotatable bonds is 9. The molecular weight excluding hydrogens is 466 g/mol. The van der Waals surface area contributed by atoms with E-state index in [1.54, 1.807) is 48.5 Å². The molecule has 0 saturated carbocycles. The minimum atomic E-state index is -4.06. The highest BCUT2D eigenvalue weighted by Crippen LogP contribution is 2.30. The molecule has 0 aliphatic rings. The maximum atomic E-state index is 12.9. The molecule has 0 aliphatic carbocycles. The predicted molar refractivity (Wildman–Crippen MR) is 127 cm³/mol. The lowest BCUT2D eigenvalue weighted by Crippen LogP contribution is -2.27. The van der Waals surface area contributed by atoms with Crippen LogP contribution in [0.4, 0.5) is 11.4 Å². The molecule has 0 aromatic heterocycles. The molecule has 8 nitrogen and oxygen atoms in total. The van der Waals surface area contributed by atoms with Gasteiger partial charge in [-0.15, -0.1) is 0 Å². The van der Waals surface area contributed by atoms with E-state index in [0.717, 1.165) is 0 Å². The number of halogens is 1. The van der Waals surface area contributed by atoms with Gasteiger partial charge in [0.2, 0.25) is 5.91 Å². The summed E-state index contributed by atoms with van der Waals surface area (Å²) in [5, 5.41) is 5.53. The van der Waals surface area contributed by atoms with E-state index < -0.39 is 15.9 Å². The molecule has 10 heteroatoms. The monoisotopic (exact) mass is 487 g/mol. The van der Waals surface area contributed by atoms with Gasteiger partial charge < -0.3 is 15.4 Å². The molecule has 3 aromatic carbocycles. The molecule has 3 rings (SSSR count). The molecular formula is C23H22ClN3O5S. The molecule has 33 heavy (non-hydrogen) atoms. The van der Waals surface area contributed by atoms with E-state index in [1.165, 1.54) is 31.4 Å². The van der Waals surface area contributed by atoms with Crippen molar-refractivity contribution >= 4 is 44.8 Å². The molecule has 172 valence electrons. The minimum absolute atomic E-state index is 0.00452. The average Bonchev–Trinajstić information content (AvgIpc) is 2.81. The number of carbonyl (C=O) groups excluding carboxylic acids is 2. The van der Waals surface area contributed by atoms with Gasteiger partial charge in [-0.05, 0) is 42.5 Å². The van der Waals surface area contributed by atoms with Gasteiger partial charge >= 0.3 is 0 Å². The second kappa shape index (κ2) is 10.8. The molecule has 0 heterocycles. The maximum Gasteiger partial charge on any atom is 0.265 e. The van der Waals surface area contributed by atoms with Gasteiger partial charge in [0.1, 0.15) is 10.6 Å². The van der Waals surface area contributed by atoms with Crippen molar-refractivity contribution in [2.45, 2.75) is 11.3 Å². The van der Waals surface area contributed by atoms with Crippen molar-refractivity contribution in [3.63, 3.8) is 0 Å². The smallest absolute Gasteiger partial charge is 0.265 e. The van der Waals surface area contributed by atoms with Gasteiger partial charge in [0.25, 0.3) is 15.9 Å². The third kappa shape index (κ3) is 6.47. The summed E-state index contributed by atoms with van der Waals surface area (Å²) in [6.45, 7) is 0.120. The van der Waals surface area contributed by atoms with Crippen LogP contribution in [0, 0.1) is 0 Å². The highest BCUT2D eigenvalue weighted by Gasteiger charge is 2.22. The van der Waals surface area contributed by atoms with Gasteiger partial charge in [0, 0.05) is 24.2 Å². The van der Waals surface area contributed by atoms with Crippen LogP contribution in [0.1, 0.15) is 16.8 Å². The quantitative estimate of drug-likeness (QED) is 0.423. The van der Waals surface area contributed by atoms with E-state index in [4.69, 9.17) is 16.3 Å². The van der Waals surface area contributed by atoms with Crippen molar-refractivity contribution in [1.29, 1.82) is 0 Å². The Balaban J connectivity index is 1.67. The largest absolute Gasteiger partial charge is 0.495 e. The Morgan fingerprint density at radius 1 is 0.970 bits per heavy atom. The Bertz CT molecular complexity index is 1250. The Kier molecular flexibility index (Phi) is 7.92. The zero-order valence-electron chi connectivity index (χ0n) is 17.7. The standard InChI is InChI=1S/C23H22ClN3O5S/c1-32-20-12-11-17(15-21(20)33(30,31)27-19-10-6-5-9-18(19)24)26-22(28)13-14-25-23(29)16-7-3-2-4-8-16/h2-12,15,27H,13-14H2,1H3,(H,25,29)(H,26,28). The van der Waals surface area contributed by atoms with Crippen LogP contribution in [0.3, 0.4) is 0 Å². The number of benzene rings is 3. The first kappa shape index (κ1) is 24.1. The summed E-state index contributed by atoms with van der Waals surface area (Å²) >= 11 is 6.06. The van der Waals surface area contributed by atoms with E-state index in [-0.39, 0.29) is 45.9 Å². The van der Waals surface area contributed by atoms with Gasteiger partial charge in [-0.2, -0.15) is 0 Å². The number of nitrogens with one attached hydrogen (secondary N) is 3. The van der Waals surface area contributed by atoms with Crippen molar-refractivity contribution in [2.75, 3.05) is 23.7 Å². The SMILES string of the molecule is COc1ccc(NC(=O)CCNC(=O)c2ccccc2)cc1S(=O)(=O)Nc1ccccc1Cl. The number of methoxy groups -OCH3 is 1. The molecule has 0 unspecified atom stereocenters. The van der Waals surface area contributed by atoms with Crippen LogP contribution in [-0.4, -0.2) is 33.9 Å². The molecule has 0 atom stereocenters. The highest BCUT2D eigenvalue weighted by atomic mass is 35.5. The van der Waals surface area contributed by atoms with Crippen LogP contribution in [0.25, 0.3) is 0 Å². The number of amides is 2. The first-order chi connectivity index (χ1) is 15.8. The van der Waals surface area contributed by atoms with Crippen LogP contribution in [0.15, 0.2) is 77.7 Å². The Hall–Kier alpha value is -3.56. The summed E-state index contributed by atoms with van der Waals surface area (Å²) in [4.78, 5) is 24.2. The molecule has 0 saturated heterocycles. The molecule has 0 radical (unpaired) electrons. The third-order valence-corrected chi connectivity index (χ3v) is 6.24.